The standard InChI is InChI=1S/C36H26N2/c1-25-20-31-15-14-26(21-36(31)35-13-7-6-12-34(25)35)24-37-38(32-18-16-27-8-2-4-10-29(27)22-32)33-19-17-28-9-3-5-11-30(28)23-33/h2-24H,1H3/b37-24-. The summed E-state index contributed by atoms with van der Waals surface area (Å²) in [6.45, 7) is 2.18. The summed E-state index contributed by atoms with van der Waals surface area (Å²) < 4.78 is 0. The largest absolute Gasteiger partial charge is 0.234 e. The number of hydrogen-bond acceptors (Lipinski definition) is 2. The number of hydrogen-bond donors (Lipinski definition) is 0. The van der Waals surface area contributed by atoms with Crippen LogP contribution in [0.3, 0.4) is 0 Å². The van der Waals surface area contributed by atoms with Crippen molar-refractivity contribution in [1.29, 1.82) is 0 Å². The predicted octanol–water partition coefficient (Wildman–Crippen LogP) is 9.78. The van der Waals surface area contributed by atoms with Gasteiger partial charge in [-0.2, -0.15) is 5.10 Å². The van der Waals surface area contributed by atoms with Gasteiger partial charge in [0.05, 0.1) is 17.6 Å². The Morgan fingerprint density at radius 3 is 1.68 bits per heavy atom. The van der Waals surface area contributed by atoms with Crippen LogP contribution in [0.1, 0.15) is 11.1 Å². The molecule has 0 amide bonds. The normalized spacial score (nSPS) is 11.7. The minimum Gasteiger partial charge on any atom is -0.234 e. The molecule has 0 heterocycles. The number of fused-ring (bicyclic) bond motifs is 5. The number of benzene rings is 7. The van der Waals surface area contributed by atoms with E-state index in [1.807, 2.05) is 11.2 Å². The fraction of sp³-hybridized carbons (Fsp3) is 0.0278. The SMILES string of the molecule is Cc1cc2ccc(/C=N\N(c3ccc4ccccc4c3)c3ccc4ccccc4c3)cc2c2ccccc12. The molecule has 0 N–H and O–H groups in total. The first-order valence-corrected chi connectivity index (χ1v) is 13.0. The molecule has 0 saturated carbocycles. The summed E-state index contributed by atoms with van der Waals surface area (Å²) in [5.41, 5.74) is 4.42. The van der Waals surface area contributed by atoms with Gasteiger partial charge in [0.15, 0.2) is 0 Å². The number of anilines is 2. The van der Waals surface area contributed by atoms with E-state index in [0.717, 1.165) is 16.9 Å². The number of nitrogens with zero attached hydrogens (tertiary/aromatic N) is 2. The van der Waals surface area contributed by atoms with Gasteiger partial charge in [0.2, 0.25) is 0 Å². The molecular formula is C36H26N2. The summed E-state index contributed by atoms with van der Waals surface area (Å²) in [5, 5.41) is 17.0. The lowest BCUT2D eigenvalue weighted by Gasteiger charge is -2.20. The predicted molar refractivity (Wildman–Crippen MR) is 164 cm³/mol. The minimum atomic E-state index is 1.03. The molecule has 0 radical (unpaired) electrons. The lowest BCUT2D eigenvalue weighted by Crippen LogP contribution is -2.09. The third kappa shape index (κ3) is 3.97. The van der Waals surface area contributed by atoms with E-state index in [1.165, 1.54) is 48.7 Å². The minimum absolute atomic E-state index is 1.03. The van der Waals surface area contributed by atoms with Crippen LogP contribution in [0, 0.1) is 6.92 Å². The van der Waals surface area contributed by atoms with E-state index < -0.39 is 0 Å². The first-order valence-electron chi connectivity index (χ1n) is 13.0. The molecule has 0 atom stereocenters. The van der Waals surface area contributed by atoms with Crippen LogP contribution in [0.2, 0.25) is 0 Å². The van der Waals surface area contributed by atoms with E-state index in [9.17, 15) is 0 Å². The molecule has 0 aliphatic rings. The highest BCUT2D eigenvalue weighted by Crippen LogP contribution is 2.32. The summed E-state index contributed by atoms with van der Waals surface area (Å²) in [7, 11) is 0. The fourth-order valence-corrected chi connectivity index (χ4v) is 5.41. The second-order valence-electron chi connectivity index (χ2n) is 9.84. The molecule has 0 unspecified atom stereocenters. The Labute approximate surface area is 222 Å². The van der Waals surface area contributed by atoms with Gasteiger partial charge in [0.25, 0.3) is 0 Å². The first kappa shape index (κ1) is 22.3. The van der Waals surface area contributed by atoms with Crippen molar-refractivity contribution in [2.75, 3.05) is 5.01 Å². The van der Waals surface area contributed by atoms with E-state index in [-0.39, 0.29) is 0 Å². The van der Waals surface area contributed by atoms with Gasteiger partial charge in [0, 0.05) is 0 Å². The maximum Gasteiger partial charge on any atom is 0.0659 e. The monoisotopic (exact) mass is 486 g/mol. The van der Waals surface area contributed by atoms with E-state index in [4.69, 9.17) is 5.10 Å². The van der Waals surface area contributed by atoms with Crippen LogP contribution in [0.25, 0.3) is 43.1 Å². The molecule has 0 aliphatic carbocycles. The average molecular weight is 487 g/mol. The van der Waals surface area contributed by atoms with E-state index in [0.29, 0.717) is 0 Å². The van der Waals surface area contributed by atoms with Gasteiger partial charge in [-0.25, -0.2) is 5.01 Å². The smallest absolute Gasteiger partial charge is 0.0659 e. The molecule has 2 nitrogen and oxygen atoms in total. The Morgan fingerprint density at radius 1 is 0.474 bits per heavy atom. The maximum absolute atomic E-state index is 5.06. The molecule has 0 aliphatic heterocycles. The molecule has 0 fully saturated rings. The third-order valence-corrected chi connectivity index (χ3v) is 7.37. The molecule has 0 aromatic heterocycles. The Bertz CT molecular complexity index is 1920. The highest BCUT2D eigenvalue weighted by molar-refractivity contribution is 6.10. The molecule has 0 bridgehead atoms. The third-order valence-electron chi connectivity index (χ3n) is 7.37. The molecule has 7 rings (SSSR count). The number of hydrazone groups is 1. The van der Waals surface area contributed by atoms with Gasteiger partial charge >= 0.3 is 0 Å². The van der Waals surface area contributed by atoms with Gasteiger partial charge in [-0.05, 0) is 91.5 Å². The topological polar surface area (TPSA) is 15.6 Å². The lowest BCUT2D eigenvalue weighted by atomic mass is 9.97. The number of rotatable bonds is 4. The van der Waals surface area contributed by atoms with Gasteiger partial charge in [-0.1, -0.05) is 103 Å². The van der Waals surface area contributed by atoms with Crippen molar-refractivity contribution in [2.45, 2.75) is 6.92 Å². The van der Waals surface area contributed by atoms with Crippen LogP contribution in [0.4, 0.5) is 11.4 Å². The van der Waals surface area contributed by atoms with Crippen molar-refractivity contribution < 1.29 is 0 Å². The van der Waals surface area contributed by atoms with Crippen LogP contribution >= 0.6 is 0 Å². The Balaban J connectivity index is 1.36. The molecule has 7 aromatic carbocycles. The van der Waals surface area contributed by atoms with Crippen molar-refractivity contribution in [3.63, 3.8) is 0 Å². The molecule has 180 valence electrons. The number of aryl methyl sites for hydroxylation is 1. The second-order valence-corrected chi connectivity index (χ2v) is 9.84. The summed E-state index contributed by atoms with van der Waals surface area (Å²) in [4.78, 5) is 0. The Hall–Kier alpha value is -4.95. The molecule has 7 aromatic rings. The van der Waals surface area contributed by atoms with Crippen LogP contribution in [-0.2, 0) is 0 Å². The molecular weight excluding hydrogens is 460 g/mol. The summed E-state index contributed by atoms with van der Waals surface area (Å²) >= 11 is 0. The van der Waals surface area contributed by atoms with Crippen molar-refractivity contribution in [1.82, 2.24) is 0 Å². The highest BCUT2D eigenvalue weighted by Gasteiger charge is 2.11. The van der Waals surface area contributed by atoms with Crippen LogP contribution in [0.15, 0.2) is 139 Å². The van der Waals surface area contributed by atoms with Gasteiger partial charge in [-0.3, -0.25) is 0 Å². The highest BCUT2D eigenvalue weighted by atomic mass is 15.5. The van der Waals surface area contributed by atoms with Gasteiger partial charge in [-0.15, -0.1) is 0 Å². The van der Waals surface area contributed by atoms with Crippen molar-refractivity contribution >= 4 is 60.7 Å². The summed E-state index contributed by atoms with van der Waals surface area (Å²) in [5.74, 6) is 0. The van der Waals surface area contributed by atoms with E-state index in [1.54, 1.807) is 0 Å². The van der Waals surface area contributed by atoms with Crippen molar-refractivity contribution in [2.24, 2.45) is 5.10 Å². The lowest BCUT2D eigenvalue weighted by molar-refractivity contribution is 1.10. The molecule has 0 saturated heterocycles. The first-order chi connectivity index (χ1) is 18.7. The quantitative estimate of drug-likeness (QED) is 0.137. The van der Waals surface area contributed by atoms with E-state index >= 15 is 0 Å². The zero-order chi connectivity index (χ0) is 25.5. The summed E-state index contributed by atoms with van der Waals surface area (Å²) in [6.07, 6.45) is 1.97. The Morgan fingerprint density at radius 2 is 1.03 bits per heavy atom. The Kier molecular flexibility index (Phi) is 5.37. The van der Waals surface area contributed by atoms with Gasteiger partial charge in [0.1, 0.15) is 0 Å². The van der Waals surface area contributed by atoms with Crippen molar-refractivity contribution in [3.05, 3.63) is 145 Å². The van der Waals surface area contributed by atoms with Crippen molar-refractivity contribution in [3.8, 4) is 0 Å². The van der Waals surface area contributed by atoms with Gasteiger partial charge < -0.3 is 0 Å². The fourth-order valence-electron chi connectivity index (χ4n) is 5.41. The van der Waals surface area contributed by atoms with Crippen LogP contribution in [-0.4, -0.2) is 6.21 Å². The van der Waals surface area contributed by atoms with E-state index in [2.05, 4.69) is 140 Å². The second kappa shape index (κ2) is 9.17. The molecule has 38 heavy (non-hydrogen) atoms. The molecule has 2 heteroatoms. The maximum atomic E-state index is 5.06. The zero-order valence-electron chi connectivity index (χ0n) is 21.2. The summed E-state index contributed by atoms with van der Waals surface area (Å²) in [6, 6.07) is 47.4. The van der Waals surface area contributed by atoms with Crippen LogP contribution < -0.4 is 5.01 Å². The van der Waals surface area contributed by atoms with Crippen LogP contribution in [0.5, 0.6) is 0 Å². The average Bonchev–Trinajstić information content (AvgIpc) is 2.97. The zero-order valence-corrected chi connectivity index (χ0v) is 21.2. The molecule has 0 spiro atoms.